The van der Waals surface area contributed by atoms with Crippen LogP contribution in [0.2, 0.25) is 0 Å². The van der Waals surface area contributed by atoms with Gasteiger partial charge in [0.05, 0.1) is 26.4 Å². The highest BCUT2D eigenvalue weighted by Crippen LogP contribution is 2.45. The van der Waals surface area contributed by atoms with Crippen molar-refractivity contribution in [2.24, 2.45) is 17.8 Å². The van der Waals surface area contributed by atoms with Crippen molar-refractivity contribution in [2.75, 3.05) is 39.6 Å². The third-order valence-electron chi connectivity index (χ3n) is 16.7. The van der Waals surface area contributed by atoms with Gasteiger partial charge in [-0.1, -0.05) is 285 Å². The lowest BCUT2D eigenvalue weighted by molar-refractivity contribution is -0.161. The van der Waals surface area contributed by atoms with Gasteiger partial charge >= 0.3 is 39.5 Å². The van der Waals surface area contributed by atoms with Gasteiger partial charge in [-0.05, 0) is 69.1 Å². The summed E-state index contributed by atoms with van der Waals surface area (Å²) in [4.78, 5) is 72.6. The van der Waals surface area contributed by atoms with Crippen LogP contribution >= 0.6 is 15.6 Å². The van der Waals surface area contributed by atoms with Gasteiger partial charge in [0.15, 0.2) is 12.2 Å². The zero-order chi connectivity index (χ0) is 67.3. The van der Waals surface area contributed by atoms with Crippen LogP contribution in [0.3, 0.4) is 0 Å². The number of carbonyl (C=O) groups is 4. The molecule has 0 spiro atoms. The maximum absolute atomic E-state index is 13.0. The minimum atomic E-state index is -4.96. The van der Waals surface area contributed by atoms with E-state index in [4.69, 9.17) is 37.0 Å². The summed E-state index contributed by atoms with van der Waals surface area (Å²) in [5.41, 5.74) is 0. The minimum absolute atomic E-state index is 0.0837. The second-order valence-electron chi connectivity index (χ2n) is 26.3. The highest BCUT2D eigenvalue weighted by atomic mass is 31.2. The topological polar surface area (TPSA) is 237 Å². The molecule has 0 aliphatic carbocycles. The molecular weight excluding hydrogens is 1200 g/mol. The van der Waals surface area contributed by atoms with Crippen LogP contribution < -0.4 is 0 Å². The molecule has 0 rings (SSSR count). The van der Waals surface area contributed by atoms with Crippen molar-refractivity contribution in [1.82, 2.24) is 0 Å². The van der Waals surface area contributed by atoms with E-state index < -0.39 is 97.5 Å². The summed E-state index contributed by atoms with van der Waals surface area (Å²) in [5.74, 6) is 0.115. The lowest BCUT2D eigenvalue weighted by Gasteiger charge is -2.21. The third kappa shape index (κ3) is 63.4. The second kappa shape index (κ2) is 62.4. The molecule has 17 nitrogen and oxygen atoms in total. The largest absolute Gasteiger partial charge is 0.472 e. The summed E-state index contributed by atoms with van der Waals surface area (Å²) in [5, 5.41) is 10.6. The first-order valence-corrected chi connectivity index (χ1v) is 39.7. The normalized spacial score (nSPS) is 14.9. The van der Waals surface area contributed by atoms with Gasteiger partial charge in [-0.15, -0.1) is 0 Å². The molecule has 19 heteroatoms. The molecule has 0 aliphatic rings. The fourth-order valence-electron chi connectivity index (χ4n) is 10.3. The Labute approximate surface area is 554 Å². The van der Waals surface area contributed by atoms with Gasteiger partial charge in [0.2, 0.25) is 0 Å². The van der Waals surface area contributed by atoms with E-state index in [1.807, 2.05) is 0 Å². The summed E-state index contributed by atoms with van der Waals surface area (Å²) < 4.78 is 68.3. The van der Waals surface area contributed by atoms with Crippen LogP contribution in [0.1, 0.15) is 337 Å². The first kappa shape index (κ1) is 88.5. The number of allylic oxidation sites excluding steroid dienone is 4. The third-order valence-corrected chi connectivity index (χ3v) is 18.6. The molecular formula is C72H136O17P2. The fourth-order valence-corrected chi connectivity index (χ4v) is 11.9. The van der Waals surface area contributed by atoms with Crippen molar-refractivity contribution in [2.45, 2.75) is 356 Å². The van der Waals surface area contributed by atoms with Crippen molar-refractivity contribution >= 4 is 39.5 Å². The molecule has 0 amide bonds. The summed E-state index contributed by atoms with van der Waals surface area (Å²) >= 11 is 0. The average Bonchev–Trinajstić information content (AvgIpc) is 3.65. The van der Waals surface area contributed by atoms with Crippen molar-refractivity contribution in [3.8, 4) is 0 Å². The van der Waals surface area contributed by atoms with Crippen LogP contribution in [0, 0.1) is 17.8 Å². The standard InChI is InChI=1S/C72H136O17P2/c1-8-11-12-13-14-15-16-17-18-19-20-26-32-41-48-55-71(76)89-68(60-83-70(75)54-47-40-35-34-38-45-52-65(7)10-3)62-87-91(80,81)85-58-66(73)57-84-90(78,79)86-61-67(59-82-69(74)53-46-39-31-28-23-24-29-36-43-50-63(4)5)88-72(77)56-49-42-33-27-22-21-25-30-37-44-51-64(6)9-2/h15-18,63-68,73H,8-14,19-62H2,1-7H3,(H,78,79)(H,80,81)/b16-15-,18-17-/t64?,65?,66-,67-,68-/m1/s1. The predicted molar refractivity (Wildman–Crippen MR) is 367 cm³/mol. The van der Waals surface area contributed by atoms with E-state index in [9.17, 15) is 43.2 Å². The molecule has 4 unspecified atom stereocenters. The average molecular weight is 1340 g/mol. The lowest BCUT2D eigenvalue weighted by Crippen LogP contribution is -2.30. The van der Waals surface area contributed by atoms with Crippen molar-refractivity contribution < 1.29 is 80.2 Å². The van der Waals surface area contributed by atoms with Gasteiger partial charge in [0.25, 0.3) is 0 Å². The van der Waals surface area contributed by atoms with E-state index in [0.717, 1.165) is 127 Å². The highest BCUT2D eigenvalue weighted by Gasteiger charge is 2.30. The lowest BCUT2D eigenvalue weighted by atomic mass is 9.99. The number of aliphatic hydroxyl groups is 1. The number of phosphoric acid groups is 2. The molecule has 91 heavy (non-hydrogen) atoms. The van der Waals surface area contributed by atoms with Gasteiger partial charge < -0.3 is 33.8 Å². The number of unbranched alkanes of at least 4 members (excludes halogenated alkanes) is 31. The molecule has 0 bridgehead atoms. The highest BCUT2D eigenvalue weighted by molar-refractivity contribution is 7.47. The summed E-state index contributed by atoms with van der Waals surface area (Å²) in [6, 6.07) is 0. The molecule has 7 atom stereocenters. The van der Waals surface area contributed by atoms with Gasteiger partial charge in [-0.2, -0.15) is 0 Å². The van der Waals surface area contributed by atoms with Crippen LogP contribution in [0.15, 0.2) is 24.3 Å². The van der Waals surface area contributed by atoms with E-state index in [1.165, 1.54) is 128 Å². The van der Waals surface area contributed by atoms with Crippen LogP contribution in [0.25, 0.3) is 0 Å². The first-order chi connectivity index (χ1) is 43.8. The Balaban J connectivity index is 5.30. The van der Waals surface area contributed by atoms with Crippen LogP contribution in [0.4, 0.5) is 0 Å². The SMILES string of the molecule is CCCCCC/C=C\C=C/CCCCCCCC(=O)O[C@H](COC(=O)CCCCCCCCC(C)CC)COP(=O)(O)OC[C@H](O)COP(=O)(O)OC[C@@H](COC(=O)CCCCCCCCCCCC(C)C)OC(=O)CCCCCCCCCCCCC(C)CC. The van der Waals surface area contributed by atoms with Crippen LogP contribution in [0.5, 0.6) is 0 Å². The fraction of sp³-hybridized carbons (Fsp3) is 0.889. The minimum Gasteiger partial charge on any atom is -0.462 e. The van der Waals surface area contributed by atoms with E-state index in [-0.39, 0.29) is 25.7 Å². The summed E-state index contributed by atoms with van der Waals surface area (Å²) in [6.07, 6.45) is 49.3. The molecule has 0 radical (unpaired) electrons. The summed E-state index contributed by atoms with van der Waals surface area (Å²) in [6.45, 7) is 11.8. The zero-order valence-corrected chi connectivity index (χ0v) is 60.6. The maximum Gasteiger partial charge on any atom is 0.472 e. The molecule has 0 fully saturated rings. The van der Waals surface area contributed by atoms with Gasteiger partial charge in [-0.25, -0.2) is 9.13 Å². The molecule has 0 saturated heterocycles. The Morgan fingerprint density at radius 2 is 0.648 bits per heavy atom. The van der Waals surface area contributed by atoms with Gasteiger partial charge in [0.1, 0.15) is 19.3 Å². The van der Waals surface area contributed by atoms with E-state index >= 15 is 0 Å². The van der Waals surface area contributed by atoms with Crippen LogP contribution in [-0.4, -0.2) is 96.7 Å². The van der Waals surface area contributed by atoms with E-state index in [1.54, 1.807) is 0 Å². The zero-order valence-electron chi connectivity index (χ0n) is 58.8. The number of ether oxygens (including phenoxy) is 4. The molecule has 3 N–H and O–H groups in total. The monoisotopic (exact) mass is 1330 g/mol. The quantitative estimate of drug-likeness (QED) is 0.0169. The van der Waals surface area contributed by atoms with Crippen molar-refractivity contribution in [1.29, 1.82) is 0 Å². The Kier molecular flexibility index (Phi) is 60.7. The molecule has 0 aliphatic heterocycles. The number of hydrogen-bond donors (Lipinski definition) is 3. The molecule has 0 saturated carbocycles. The second-order valence-corrected chi connectivity index (χ2v) is 29.2. The van der Waals surface area contributed by atoms with Crippen molar-refractivity contribution in [3.05, 3.63) is 24.3 Å². The number of rotatable bonds is 68. The van der Waals surface area contributed by atoms with E-state index in [0.29, 0.717) is 25.7 Å². The Bertz CT molecular complexity index is 1880. The maximum atomic E-state index is 13.0. The molecule has 0 aromatic rings. The molecule has 536 valence electrons. The summed E-state index contributed by atoms with van der Waals surface area (Å²) in [7, 11) is -9.92. The van der Waals surface area contributed by atoms with Gasteiger partial charge in [0, 0.05) is 25.7 Å². The number of esters is 4. The smallest absolute Gasteiger partial charge is 0.462 e. The Hall–Kier alpha value is -2.46. The number of phosphoric ester groups is 2. The van der Waals surface area contributed by atoms with Crippen LogP contribution in [-0.2, 0) is 65.4 Å². The van der Waals surface area contributed by atoms with Crippen molar-refractivity contribution in [3.63, 3.8) is 0 Å². The molecule has 0 aromatic carbocycles. The number of hydrogen-bond acceptors (Lipinski definition) is 15. The Morgan fingerprint density at radius 3 is 0.978 bits per heavy atom. The molecule has 0 aromatic heterocycles. The first-order valence-electron chi connectivity index (χ1n) is 36.7. The Morgan fingerprint density at radius 1 is 0.363 bits per heavy atom. The number of carbonyl (C=O) groups excluding carboxylic acids is 4. The predicted octanol–water partition coefficient (Wildman–Crippen LogP) is 20.2. The number of aliphatic hydroxyl groups excluding tert-OH is 1. The van der Waals surface area contributed by atoms with E-state index in [2.05, 4.69) is 72.8 Å². The molecule has 0 heterocycles. The van der Waals surface area contributed by atoms with Gasteiger partial charge in [-0.3, -0.25) is 37.3 Å².